The Bertz CT molecular complexity index is 591. The number of hydrogen-bond donors (Lipinski definition) is 3. The number of hydrogen-bond acceptors (Lipinski definition) is 3. The molecule has 28 heavy (non-hydrogen) atoms. The molecule has 6 nitrogen and oxygen atoms in total. The summed E-state index contributed by atoms with van der Waals surface area (Å²) in [7, 11) is 1.78. The number of anilines is 1. The van der Waals surface area contributed by atoms with E-state index in [1.54, 1.807) is 7.05 Å². The maximum Gasteiger partial charge on any atom is 0.226 e. The average molecular weight is 503 g/mol. The van der Waals surface area contributed by atoms with Crippen LogP contribution < -0.4 is 16.0 Å². The maximum absolute atomic E-state index is 11.7. The van der Waals surface area contributed by atoms with Crippen molar-refractivity contribution < 1.29 is 4.79 Å². The van der Waals surface area contributed by atoms with Gasteiger partial charge in [0.15, 0.2) is 5.96 Å². The fraction of sp³-hybridized carbons (Fsp3) is 0.619. The van der Waals surface area contributed by atoms with E-state index in [-0.39, 0.29) is 35.8 Å². The zero-order chi connectivity index (χ0) is 20.4. The minimum Gasteiger partial charge on any atom is -0.355 e. The first-order valence-electron chi connectivity index (χ1n) is 9.84. The first-order valence-corrected chi connectivity index (χ1v) is 9.84. The lowest BCUT2D eigenvalue weighted by Gasteiger charge is -2.30. The van der Waals surface area contributed by atoms with E-state index in [1.807, 2.05) is 38.1 Å². The Hall–Kier alpha value is -1.35. The standard InChI is InChI=1S/C21H37N5O.HI/c1-15(2)20(27)25-19-10-8-18(9-11-19)14-24-21(22-7)23-12-13-26(16(3)4)17(5)6;/h8-11,15-17H,12-14H2,1-7H3,(H,25,27)(H2,22,23,24);1H. The van der Waals surface area contributed by atoms with Crippen molar-refractivity contribution in [1.29, 1.82) is 0 Å². The molecule has 0 saturated heterocycles. The van der Waals surface area contributed by atoms with Crippen molar-refractivity contribution in [2.75, 3.05) is 25.5 Å². The third kappa shape index (κ3) is 9.73. The molecular formula is C21H38IN5O. The molecular weight excluding hydrogens is 465 g/mol. The Morgan fingerprint density at radius 2 is 1.57 bits per heavy atom. The van der Waals surface area contributed by atoms with Gasteiger partial charge in [-0.3, -0.25) is 14.7 Å². The van der Waals surface area contributed by atoms with Crippen LogP contribution in [0, 0.1) is 5.92 Å². The van der Waals surface area contributed by atoms with Gasteiger partial charge in [0.05, 0.1) is 0 Å². The third-order valence-electron chi connectivity index (χ3n) is 4.42. The van der Waals surface area contributed by atoms with Crippen LogP contribution in [0.15, 0.2) is 29.3 Å². The van der Waals surface area contributed by atoms with Crippen LogP contribution in [0.1, 0.15) is 47.1 Å². The molecule has 1 amide bonds. The summed E-state index contributed by atoms with van der Waals surface area (Å²) in [5, 5.41) is 9.60. The van der Waals surface area contributed by atoms with Gasteiger partial charge in [0.1, 0.15) is 0 Å². The Morgan fingerprint density at radius 1 is 1.00 bits per heavy atom. The largest absolute Gasteiger partial charge is 0.355 e. The van der Waals surface area contributed by atoms with Gasteiger partial charge in [-0.25, -0.2) is 0 Å². The van der Waals surface area contributed by atoms with Crippen molar-refractivity contribution in [1.82, 2.24) is 15.5 Å². The van der Waals surface area contributed by atoms with Crippen LogP contribution in [0.2, 0.25) is 0 Å². The monoisotopic (exact) mass is 503 g/mol. The van der Waals surface area contributed by atoms with E-state index in [2.05, 4.69) is 53.5 Å². The Morgan fingerprint density at radius 3 is 2.04 bits per heavy atom. The molecule has 0 saturated carbocycles. The second-order valence-electron chi connectivity index (χ2n) is 7.62. The molecule has 0 aromatic heterocycles. The van der Waals surface area contributed by atoms with Crippen LogP contribution in [0.4, 0.5) is 5.69 Å². The molecule has 0 spiro atoms. The number of rotatable bonds is 9. The summed E-state index contributed by atoms with van der Waals surface area (Å²) in [6.45, 7) is 15.1. The Labute approximate surface area is 188 Å². The highest BCUT2D eigenvalue weighted by molar-refractivity contribution is 14.0. The summed E-state index contributed by atoms with van der Waals surface area (Å²) in [4.78, 5) is 18.5. The molecule has 0 heterocycles. The van der Waals surface area contributed by atoms with Crippen LogP contribution in [0.25, 0.3) is 0 Å². The second kappa shape index (κ2) is 13.8. The normalized spacial score (nSPS) is 11.8. The molecule has 1 aromatic rings. The number of carbonyl (C=O) groups is 1. The molecule has 160 valence electrons. The number of nitrogens with zero attached hydrogens (tertiary/aromatic N) is 2. The lowest BCUT2D eigenvalue weighted by Crippen LogP contribution is -2.45. The van der Waals surface area contributed by atoms with Crippen LogP contribution in [-0.4, -0.2) is 49.0 Å². The fourth-order valence-electron chi connectivity index (χ4n) is 2.82. The van der Waals surface area contributed by atoms with Gasteiger partial charge in [0.2, 0.25) is 5.91 Å². The second-order valence-corrected chi connectivity index (χ2v) is 7.62. The molecule has 0 fully saturated rings. The number of guanidine groups is 1. The van der Waals surface area contributed by atoms with Crippen molar-refractivity contribution in [2.45, 2.75) is 60.2 Å². The Kier molecular flexibility index (Phi) is 13.1. The van der Waals surface area contributed by atoms with Gasteiger partial charge in [-0.15, -0.1) is 24.0 Å². The summed E-state index contributed by atoms with van der Waals surface area (Å²) < 4.78 is 0. The van der Waals surface area contributed by atoms with Crippen molar-refractivity contribution in [3.8, 4) is 0 Å². The molecule has 3 N–H and O–H groups in total. The molecule has 7 heteroatoms. The van der Waals surface area contributed by atoms with Gasteiger partial charge >= 0.3 is 0 Å². The van der Waals surface area contributed by atoms with Gasteiger partial charge in [-0.1, -0.05) is 26.0 Å². The van der Waals surface area contributed by atoms with Gasteiger partial charge in [-0.05, 0) is 45.4 Å². The molecule has 0 atom stereocenters. The predicted octanol–water partition coefficient (Wildman–Crippen LogP) is 3.68. The Balaban J connectivity index is 0.00000729. The topological polar surface area (TPSA) is 68.8 Å². The minimum absolute atomic E-state index is 0. The summed E-state index contributed by atoms with van der Waals surface area (Å²) in [5.74, 6) is 0.796. The summed E-state index contributed by atoms with van der Waals surface area (Å²) in [5.41, 5.74) is 1.95. The molecule has 0 aliphatic heterocycles. The average Bonchev–Trinajstić information content (AvgIpc) is 2.61. The van der Waals surface area contributed by atoms with Crippen molar-refractivity contribution in [3.05, 3.63) is 29.8 Å². The highest BCUT2D eigenvalue weighted by Crippen LogP contribution is 2.11. The lowest BCUT2D eigenvalue weighted by atomic mass is 10.1. The SMILES string of the molecule is CN=C(NCCN(C(C)C)C(C)C)NCc1ccc(NC(=O)C(C)C)cc1.I. The number of aliphatic imine (C=N–C) groups is 1. The predicted molar refractivity (Wildman–Crippen MR) is 131 cm³/mol. The van der Waals surface area contributed by atoms with E-state index in [0.29, 0.717) is 18.6 Å². The number of benzene rings is 1. The highest BCUT2D eigenvalue weighted by Gasteiger charge is 2.12. The van der Waals surface area contributed by atoms with E-state index >= 15 is 0 Å². The molecule has 1 rings (SSSR count). The maximum atomic E-state index is 11.7. The van der Waals surface area contributed by atoms with E-state index in [9.17, 15) is 4.79 Å². The summed E-state index contributed by atoms with van der Waals surface area (Å²) >= 11 is 0. The molecule has 0 unspecified atom stereocenters. The molecule has 0 aliphatic rings. The van der Waals surface area contributed by atoms with Gasteiger partial charge in [-0.2, -0.15) is 0 Å². The third-order valence-corrected chi connectivity index (χ3v) is 4.42. The first-order chi connectivity index (χ1) is 12.7. The molecule has 0 radical (unpaired) electrons. The minimum atomic E-state index is -0.0249. The number of nitrogens with one attached hydrogen (secondary N) is 3. The van der Waals surface area contributed by atoms with Gasteiger partial charge in [0.25, 0.3) is 0 Å². The van der Waals surface area contributed by atoms with E-state index in [4.69, 9.17) is 0 Å². The van der Waals surface area contributed by atoms with Crippen LogP contribution in [0.3, 0.4) is 0 Å². The van der Waals surface area contributed by atoms with E-state index in [1.165, 1.54) is 0 Å². The lowest BCUT2D eigenvalue weighted by molar-refractivity contribution is -0.118. The van der Waals surface area contributed by atoms with Crippen LogP contribution in [0.5, 0.6) is 0 Å². The smallest absolute Gasteiger partial charge is 0.226 e. The molecule has 1 aromatic carbocycles. The molecule has 0 aliphatic carbocycles. The van der Waals surface area contributed by atoms with E-state index < -0.39 is 0 Å². The van der Waals surface area contributed by atoms with Crippen molar-refractivity contribution in [2.24, 2.45) is 10.9 Å². The molecule has 0 bridgehead atoms. The van der Waals surface area contributed by atoms with E-state index in [0.717, 1.165) is 30.3 Å². The van der Waals surface area contributed by atoms with Crippen molar-refractivity contribution in [3.63, 3.8) is 0 Å². The van der Waals surface area contributed by atoms with Crippen LogP contribution in [-0.2, 0) is 11.3 Å². The zero-order valence-corrected chi connectivity index (χ0v) is 20.7. The number of amides is 1. The van der Waals surface area contributed by atoms with Crippen molar-refractivity contribution >= 4 is 41.5 Å². The zero-order valence-electron chi connectivity index (χ0n) is 18.4. The number of halogens is 1. The number of carbonyl (C=O) groups excluding carboxylic acids is 1. The quantitative estimate of drug-likeness (QED) is 0.273. The highest BCUT2D eigenvalue weighted by atomic mass is 127. The first kappa shape index (κ1) is 26.6. The van der Waals surface area contributed by atoms with Gasteiger partial charge in [0, 0.05) is 50.4 Å². The van der Waals surface area contributed by atoms with Gasteiger partial charge < -0.3 is 16.0 Å². The summed E-state index contributed by atoms with van der Waals surface area (Å²) in [6.07, 6.45) is 0. The van der Waals surface area contributed by atoms with Crippen LogP contribution >= 0.6 is 24.0 Å². The summed E-state index contributed by atoms with van der Waals surface area (Å²) in [6, 6.07) is 8.92. The fourth-order valence-corrected chi connectivity index (χ4v) is 2.82.